The van der Waals surface area contributed by atoms with Crippen molar-refractivity contribution in [2.45, 2.75) is 58.3 Å². The van der Waals surface area contributed by atoms with E-state index < -0.39 is 67.0 Å². The van der Waals surface area contributed by atoms with E-state index in [0.29, 0.717) is 0 Å². The lowest BCUT2D eigenvalue weighted by molar-refractivity contribution is -0.270. The van der Waals surface area contributed by atoms with E-state index in [1.807, 2.05) is 0 Å². The molecule has 1 aromatic rings. The van der Waals surface area contributed by atoms with Gasteiger partial charge in [0.25, 0.3) is 5.91 Å². The molecule has 12 nitrogen and oxygen atoms in total. The summed E-state index contributed by atoms with van der Waals surface area (Å²) in [6.45, 7) is 4.03. The molecule has 13 heteroatoms. The molecule has 180 valence electrons. The molecule has 1 saturated heterocycles. The number of pyridine rings is 1. The Hall–Kier alpha value is -3.25. The molecule has 2 rings (SSSR count). The highest BCUT2D eigenvalue weighted by atomic mass is 35.5. The summed E-state index contributed by atoms with van der Waals surface area (Å²) in [6.07, 6.45) is -4.03. The van der Waals surface area contributed by atoms with Crippen LogP contribution in [0.2, 0.25) is 5.15 Å². The predicted molar refractivity (Wildman–Crippen MR) is 109 cm³/mol. The van der Waals surface area contributed by atoms with Crippen molar-refractivity contribution in [1.29, 1.82) is 0 Å². The van der Waals surface area contributed by atoms with Crippen LogP contribution in [-0.2, 0) is 42.9 Å². The SMILES string of the molecule is CC(=O)OC[C@H]1O[C@@H](OC(C)=O)[C@H](NC(=O)c2cccnc2Cl)[C@@H](OC(C)=O)[C@@H]1OC(C)=O. The minimum atomic E-state index is -1.50. The van der Waals surface area contributed by atoms with Crippen LogP contribution in [0.4, 0.5) is 0 Å². The number of hydrogen-bond acceptors (Lipinski definition) is 11. The Morgan fingerprint density at radius 1 is 0.970 bits per heavy atom. The Bertz CT molecular complexity index is 924. The highest BCUT2D eigenvalue weighted by Gasteiger charge is 2.52. The number of carbonyl (C=O) groups excluding carboxylic acids is 5. The fourth-order valence-electron chi connectivity index (χ4n) is 3.10. The van der Waals surface area contributed by atoms with Gasteiger partial charge in [0.15, 0.2) is 12.2 Å². The Labute approximate surface area is 193 Å². The lowest BCUT2D eigenvalue weighted by atomic mass is 9.95. The second kappa shape index (κ2) is 11.6. The molecule has 0 spiro atoms. The van der Waals surface area contributed by atoms with Crippen molar-refractivity contribution < 1.29 is 47.7 Å². The van der Waals surface area contributed by atoms with Crippen LogP contribution in [0.3, 0.4) is 0 Å². The van der Waals surface area contributed by atoms with Crippen molar-refractivity contribution >= 4 is 41.4 Å². The lowest BCUT2D eigenvalue weighted by Crippen LogP contribution is -2.67. The molecule has 0 bridgehead atoms. The van der Waals surface area contributed by atoms with E-state index in [4.69, 9.17) is 35.3 Å². The average Bonchev–Trinajstić information content (AvgIpc) is 2.70. The van der Waals surface area contributed by atoms with Crippen LogP contribution >= 0.6 is 11.6 Å². The number of ether oxygens (including phenoxy) is 5. The summed E-state index contributed by atoms with van der Waals surface area (Å²) in [5, 5.41) is 2.43. The maximum Gasteiger partial charge on any atom is 0.305 e. The van der Waals surface area contributed by atoms with E-state index in [-0.39, 0.29) is 10.7 Å². The van der Waals surface area contributed by atoms with Crippen molar-refractivity contribution in [1.82, 2.24) is 10.3 Å². The molecule has 0 saturated carbocycles. The first-order valence-corrected chi connectivity index (χ1v) is 10.1. The van der Waals surface area contributed by atoms with E-state index in [1.165, 1.54) is 18.3 Å². The maximum absolute atomic E-state index is 12.9. The third kappa shape index (κ3) is 7.39. The summed E-state index contributed by atoms with van der Waals surface area (Å²) in [5.41, 5.74) is -0.0200. The second-order valence-corrected chi connectivity index (χ2v) is 7.30. The van der Waals surface area contributed by atoms with E-state index in [2.05, 4.69) is 10.3 Å². The van der Waals surface area contributed by atoms with Gasteiger partial charge in [0, 0.05) is 33.9 Å². The quantitative estimate of drug-likeness (QED) is 0.326. The molecule has 2 heterocycles. The van der Waals surface area contributed by atoms with Crippen LogP contribution in [0, 0.1) is 0 Å². The molecule has 1 amide bonds. The van der Waals surface area contributed by atoms with Crippen LogP contribution in [0.15, 0.2) is 18.3 Å². The van der Waals surface area contributed by atoms with Crippen molar-refractivity contribution in [2.75, 3.05) is 6.61 Å². The third-order valence-corrected chi connectivity index (χ3v) is 4.59. The van der Waals surface area contributed by atoms with E-state index in [0.717, 1.165) is 27.7 Å². The van der Waals surface area contributed by atoms with Gasteiger partial charge in [-0.15, -0.1) is 0 Å². The Kier molecular flexibility index (Phi) is 9.12. The van der Waals surface area contributed by atoms with E-state index >= 15 is 0 Å². The third-order valence-electron chi connectivity index (χ3n) is 4.28. The van der Waals surface area contributed by atoms with Crippen LogP contribution in [0.25, 0.3) is 0 Å². The average molecular weight is 487 g/mol. The van der Waals surface area contributed by atoms with Gasteiger partial charge in [-0.3, -0.25) is 24.0 Å². The summed E-state index contributed by atoms with van der Waals surface area (Å²) in [5.74, 6) is -3.74. The number of aromatic nitrogens is 1. The van der Waals surface area contributed by atoms with Crippen LogP contribution < -0.4 is 5.32 Å². The predicted octanol–water partition coefficient (Wildman–Crippen LogP) is 0.548. The molecule has 0 radical (unpaired) electrons. The zero-order chi connectivity index (χ0) is 24.7. The number of hydrogen-bond donors (Lipinski definition) is 1. The molecule has 1 aliphatic rings. The summed E-state index contributed by atoms with van der Waals surface area (Å²) >= 11 is 5.98. The first-order chi connectivity index (χ1) is 15.5. The fourth-order valence-corrected chi connectivity index (χ4v) is 3.31. The molecule has 0 unspecified atom stereocenters. The number of nitrogens with one attached hydrogen (secondary N) is 1. The lowest BCUT2D eigenvalue weighted by Gasteiger charge is -2.44. The molecule has 33 heavy (non-hydrogen) atoms. The molecular weight excluding hydrogens is 464 g/mol. The number of nitrogens with zero attached hydrogens (tertiary/aromatic N) is 1. The largest absolute Gasteiger partial charge is 0.463 e. The molecule has 5 atom stereocenters. The minimum absolute atomic E-state index is 0.0200. The van der Waals surface area contributed by atoms with Gasteiger partial charge in [-0.25, -0.2) is 4.98 Å². The Balaban J connectivity index is 2.47. The first-order valence-electron chi connectivity index (χ1n) is 9.71. The zero-order valence-electron chi connectivity index (χ0n) is 18.2. The maximum atomic E-state index is 12.9. The topological polar surface area (TPSA) is 156 Å². The van der Waals surface area contributed by atoms with E-state index in [1.54, 1.807) is 0 Å². The summed E-state index contributed by atoms with van der Waals surface area (Å²) < 4.78 is 26.5. The summed E-state index contributed by atoms with van der Waals surface area (Å²) in [7, 11) is 0. The molecule has 1 N–H and O–H groups in total. The first kappa shape index (κ1) is 26.0. The van der Waals surface area contributed by atoms with Crippen LogP contribution in [0.1, 0.15) is 38.1 Å². The van der Waals surface area contributed by atoms with Crippen molar-refractivity contribution in [3.63, 3.8) is 0 Å². The molecule has 0 aliphatic carbocycles. The van der Waals surface area contributed by atoms with Crippen LogP contribution in [0.5, 0.6) is 0 Å². The molecular formula is C20H23ClN2O10. The number of halogens is 1. The number of carbonyl (C=O) groups is 5. The van der Waals surface area contributed by atoms with Gasteiger partial charge in [-0.05, 0) is 12.1 Å². The highest BCUT2D eigenvalue weighted by molar-refractivity contribution is 6.32. The smallest absolute Gasteiger partial charge is 0.305 e. The van der Waals surface area contributed by atoms with Crippen LogP contribution in [-0.4, -0.2) is 72.0 Å². The number of esters is 4. The second-order valence-electron chi connectivity index (χ2n) is 6.94. The Morgan fingerprint density at radius 2 is 1.58 bits per heavy atom. The normalized spacial score (nSPS) is 24.2. The standard InChI is InChI=1S/C20H23ClN2O10/c1-9(24)29-8-14-16(30-10(2)25)17(31-11(3)26)15(20(33-14)32-12(4)27)23-19(28)13-6-5-7-22-18(13)21/h5-7,14-17,20H,8H2,1-4H3,(H,23,28)/t14-,15-,16-,17-,20-/m1/s1. The molecule has 1 fully saturated rings. The number of amides is 1. The summed E-state index contributed by atoms with van der Waals surface area (Å²) in [4.78, 5) is 63.3. The highest BCUT2D eigenvalue weighted by Crippen LogP contribution is 2.28. The summed E-state index contributed by atoms with van der Waals surface area (Å²) in [6, 6.07) is 1.53. The molecule has 1 aliphatic heterocycles. The Morgan fingerprint density at radius 3 is 2.12 bits per heavy atom. The molecule has 0 aromatic carbocycles. The van der Waals surface area contributed by atoms with Gasteiger partial charge in [-0.2, -0.15) is 0 Å². The zero-order valence-corrected chi connectivity index (χ0v) is 19.0. The molecule has 1 aromatic heterocycles. The van der Waals surface area contributed by atoms with Gasteiger partial charge < -0.3 is 29.0 Å². The van der Waals surface area contributed by atoms with Gasteiger partial charge >= 0.3 is 23.9 Å². The van der Waals surface area contributed by atoms with Crippen molar-refractivity contribution in [2.24, 2.45) is 0 Å². The van der Waals surface area contributed by atoms with Gasteiger partial charge in [0.1, 0.15) is 23.9 Å². The van der Waals surface area contributed by atoms with E-state index in [9.17, 15) is 24.0 Å². The minimum Gasteiger partial charge on any atom is -0.463 e. The van der Waals surface area contributed by atoms with Gasteiger partial charge in [0.05, 0.1) is 5.56 Å². The van der Waals surface area contributed by atoms with Crippen molar-refractivity contribution in [3.05, 3.63) is 29.0 Å². The number of rotatable bonds is 7. The fraction of sp³-hybridized carbons (Fsp3) is 0.500. The van der Waals surface area contributed by atoms with Crippen molar-refractivity contribution in [3.8, 4) is 0 Å². The van der Waals surface area contributed by atoms with Gasteiger partial charge in [0.2, 0.25) is 6.29 Å². The van der Waals surface area contributed by atoms with Gasteiger partial charge in [-0.1, -0.05) is 11.6 Å². The monoisotopic (exact) mass is 486 g/mol.